The van der Waals surface area contributed by atoms with Crippen molar-refractivity contribution in [2.75, 3.05) is 20.2 Å². The molecule has 3 aliphatic rings. The Bertz CT molecular complexity index is 314. The maximum absolute atomic E-state index is 5.65. The van der Waals surface area contributed by atoms with Crippen molar-refractivity contribution in [1.82, 2.24) is 10.2 Å². The van der Waals surface area contributed by atoms with Crippen LogP contribution in [-0.2, 0) is 4.74 Å². The minimum absolute atomic E-state index is 0.435. The summed E-state index contributed by atoms with van der Waals surface area (Å²) in [6.07, 6.45) is 12.6. The molecule has 1 heterocycles. The van der Waals surface area contributed by atoms with E-state index < -0.39 is 0 Å². The van der Waals surface area contributed by atoms with Crippen molar-refractivity contribution in [3.8, 4) is 0 Å². The molecule has 3 atom stereocenters. The molecule has 0 aromatic carbocycles. The van der Waals surface area contributed by atoms with Crippen LogP contribution in [0, 0.1) is 0 Å². The summed E-state index contributed by atoms with van der Waals surface area (Å²) in [6.45, 7) is 4.92. The summed E-state index contributed by atoms with van der Waals surface area (Å²) in [5.74, 6) is 0. The largest absolute Gasteiger partial charge is 0.381 e. The molecule has 2 saturated carbocycles. The highest BCUT2D eigenvalue weighted by molar-refractivity contribution is 5.00. The maximum Gasteiger partial charge on any atom is 0.0586 e. The number of rotatable bonds is 2. The van der Waals surface area contributed by atoms with Gasteiger partial charge >= 0.3 is 0 Å². The molecule has 2 aliphatic carbocycles. The third-order valence-electron chi connectivity index (χ3n) is 6.07. The Morgan fingerprint density at radius 3 is 2.65 bits per heavy atom. The summed E-state index contributed by atoms with van der Waals surface area (Å²) in [5.41, 5.74) is 0.435. The van der Waals surface area contributed by atoms with Gasteiger partial charge in [-0.05, 0) is 58.4 Å². The van der Waals surface area contributed by atoms with Crippen LogP contribution in [0.25, 0.3) is 0 Å². The zero-order valence-corrected chi connectivity index (χ0v) is 13.4. The maximum atomic E-state index is 5.65. The van der Waals surface area contributed by atoms with Gasteiger partial charge in [0.05, 0.1) is 6.10 Å². The lowest BCUT2D eigenvalue weighted by Gasteiger charge is -2.43. The molecule has 0 amide bonds. The highest BCUT2D eigenvalue weighted by atomic mass is 16.5. The summed E-state index contributed by atoms with van der Waals surface area (Å²) < 4.78 is 5.65. The molecule has 0 bridgehead atoms. The monoisotopic (exact) mass is 280 g/mol. The molecule has 1 aliphatic heterocycles. The summed E-state index contributed by atoms with van der Waals surface area (Å²) in [4.78, 5) is 2.84. The first-order chi connectivity index (χ1) is 9.72. The molecule has 0 aromatic heterocycles. The van der Waals surface area contributed by atoms with E-state index in [0.29, 0.717) is 11.6 Å². The Kier molecular flexibility index (Phi) is 4.68. The van der Waals surface area contributed by atoms with Gasteiger partial charge in [-0.3, -0.25) is 4.90 Å². The number of nitrogens with one attached hydrogen (secondary N) is 1. The zero-order valence-electron chi connectivity index (χ0n) is 13.4. The third kappa shape index (κ3) is 3.05. The Morgan fingerprint density at radius 2 is 1.90 bits per heavy atom. The second-order valence-electron chi connectivity index (χ2n) is 7.40. The van der Waals surface area contributed by atoms with Crippen molar-refractivity contribution < 1.29 is 4.74 Å². The molecular weight excluding hydrogens is 248 g/mol. The average Bonchev–Trinajstić information content (AvgIpc) is 2.86. The van der Waals surface area contributed by atoms with Gasteiger partial charge in [0, 0.05) is 31.3 Å². The van der Waals surface area contributed by atoms with Crippen molar-refractivity contribution in [3.05, 3.63) is 0 Å². The van der Waals surface area contributed by atoms with E-state index in [1.165, 1.54) is 70.9 Å². The molecular formula is C17H32N2O. The van der Waals surface area contributed by atoms with E-state index in [4.69, 9.17) is 4.74 Å². The third-order valence-corrected chi connectivity index (χ3v) is 6.07. The van der Waals surface area contributed by atoms with E-state index in [-0.39, 0.29) is 0 Å². The Morgan fingerprint density at radius 1 is 1.10 bits per heavy atom. The van der Waals surface area contributed by atoms with Gasteiger partial charge in [-0.2, -0.15) is 0 Å². The van der Waals surface area contributed by atoms with Crippen LogP contribution in [0.4, 0.5) is 0 Å². The van der Waals surface area contributed by atoms with Gasteiger partial charge in [0.1, 0.15) is 0 Å². The van der Waals surface area contributed by atoms with Gasteiger partial charge in [0.15, 0.2) is 0 Å². The Hall–Kier alpha value is -0.120. The van der Waals surface area contributed by atoms with Crippen LogP contribution in [0.3, 0.4) is 0 Å². The van der Waals surface area contributed by atoms with Crippen LogP contribution in [0.15, 0.2) is 0 Å². The molecule has 1 N–H and O–H groups in total. The summed E-state index contributed by atoms with van der Waals surface area (Å²) in [7, 11) is 1.89. The lowest BCUT2D eigenvalue weighted by molar-refractivity contribution is 0.0106. The SMILES string of the molecule is COC1CCCC(N2CC3(CCCC3)NCCC2C)C1. The average molecular weight is 280 g/mol. The van der Waals surface area contributed by atoms with Crippen LogP contribution in [0.5, 0.6) is 0 Å². The number of nitrogens with zero attached hydrogens (tertiary/aromatic N) is 1. The number of hydrogen-bond acceptors (Lipinski definition) is 3. The fourth-order valence-corrected chi connectivity index (χ4v) is 4.78. The number of methoxy groups -OCH3 is 1. The molecule has 3 rings (SSSR count). The fraction of sp³-hybridized carbons (Fsp3) is 1.00. The van der Waals surface area contributed by atoms with E-state index in [0.717, 1.165) is 12.1 Å². The molecule has 1 spiro atoms. The highest BCUT2D eigenvalue weighted by Crippen LogP contribution is 2.35. The van der Waals surface area contributed by atoms with Gasteiger partial charge in [0.2, 0.25) is 0 Å². The van der Waals surface area contributed by atoms with Crippen molar-refractivity contribution in [1.29, 1.82) is 0 Å². The molecule has 3 fully saturated rings. The first-order valence-electron chi connectivity index (χ1n) is 8.76. The quantitative estimate of drug-likeness (QED) is 0.841. The second-order valence-corrected chi connectivity index (χ2v) is 7.40. The van der Waals surface area contributed by atoms with Crippen LogP contribution in [0.1, 0.15) is 64.7 Å². The fourth-order valence-electron chi connectivity index (χ4n) is 4.78. The second kappa shape index (κ2) is 6.33. The molecule has 0 aromatic rings. The lowest BCUT2D eigenvalue weighted by atomic mass is 9.89. The van der Waals surface area contributed by atoms with E-state index in [1.54, 1.807) is 0 Å². The molecule has 0 radical (unpaired) electrons. The van der Waals surface area contributed by atoms with Gasteiger partial charge in [0.25, 0.3) is 0 Å². The molecule has 20 heavy (non-hydrogen) atoms. The number of hydrogen-bond donors (Lipinski definition) is 1. The smallest absolute Gasteiger partial charge is 0.0586 e. The van der Waals surface area contributed by atoms with Crippen molar-refractivity contribution in [2.24, 2.45) is 0 Å². The minimum Gasteiger partial charge on any atom is -0.381 e. The standard InChI is InChI=1S/C17H32N2O/c1-14-8-11-18-17(9-3-4-10-17)13-19(14)15-6-5-7-16(12-15)20-2/h14-16,18H,3-13H2,1-2H3. The van der Waals surface area contributed by atoms with Crippen molar-refractivity contribution in [2.45, 2.75) is 88.4 Å². The van der Waals surface area contributed by atoms with Crippen molar-refractivity contribution in [3.63, 3.8) is 0 Å². The molecule has 3 unspecified atom stereocenters. The molecule has 3 nitrogen and oxygen atoms in total. The van der Waals surface area contributed by atoms with Gasteiger partial charge in [-0.1, -0.05) is 12.8 Å². The summed E-state index contributed by atoms with van der Waals surface area (Å²) >= 11 is 0. The van der Waals surface area contributed by atoms with E-state index in [1.807, 2.05) is 7.11 Å². The molecule has 3 heteroatoms. The normalized spacial score (nSPS) is 39.0. The van der Waals surface area contributed by atoms with Crippen LogP contribution in [0.2, 0.25) is 0 Å². The van der Waals surface area contributed by atoms with Gasteiger partial charge in [-0.25, -0.2) is 0 Å². The molecule has 1 saturated heterocycles. The summed E-state index contributed by atoms with van der Waals surface area (Å²) in [6, 6.07) is 1.48. The van der Waals surface area contributed by atoms with Crippen LogP contribution < -0.4 is 5.32 Å². The minimum atomic E-state index is 0.435. The zero-order chi connectivity index (χ0) is 14.0. The lowest BCUT2D eigenvalue weighted by Crippen LogP contribution is -2.54. The van der Waals surface area contributed by atoms with E-state index in [2.05, 4.69) is 17.1 Å². The van der Waals surface area contributed by atoms with Crippen LogP contribution >= 0.6 is 0 Å². The highest BCUT2D eigenvalue weighted by Gasteiger charge is 2.41. The van der Waals surface area contributed by atoms with Crippen LogP contribution in [-0.4, -0.2) is 48.8 Å². The predicted octanol–water partition coefficient (Wildman–Crippen LogP) is 2.94. The Balaban J connectivity index is 1.71. The van der Waals surface area contributed by atoms with E-state index in [9.17, 15) is 0 Å². The molecule has 116 valence electrons. The topological polar surface area (TPSA) is 24.5 Å². The first-order valence-corrected chi connectivity index (χ1v) is 8.76. The van der Waals surface area contributed by atoms with Gasteiger partial charge in [-0.15, -0.1) is 0 Å². The number of ether oxygens (including phenoxy) is 1. The van der Waals surface area contributed by atoms with E-state index >= 15 is 0 Å². The predicted molar refractivity (Wildman–Crippen MR) is 83.0 cm³/mol. The van der Waals surface area contributed by atoms with Gasteiger partial charge < -0.3 is 10.1 Å². The van der Waals surface area contributed by atoms with Crippen molar-refractivity contribution >= 4 is 0 Å². The Labute approximate surface area is 124 Å². The summed E-state index contributed by atoms with van der Waals surface area (Å²) in [5, 5.41) is 3.91. The first kappa shape index (κ1) is 14.8.